The van der Waals surface area contributed by atoms with Crippen molar-refractivity contribution in [3.8, 4) is 0 Å². The van der Waals surface area contributed by atoms with Crippen molar-refractivity contribution in [2.45, 2.75) is 32.4 Å². The van der Waals surface area contributed by atoms with Crippen molar-refractivity contribution in [2.75, 3.05) is 19.6 Å². The number of carbonyl (C=O) groups is 1. The van der Waals surface area contributed by atoms with Gasteiger partial charge in [-0.25, -0.2) is 4.39 Å². The summed E-state index contributed by atoms with van der Waals surface area (Å²) in [6.07, 6.45) is 2.06. The summed E-state index contributed by atoms with van der Waals surface area (Å²) in [4.78, 5) is 30.0. The smallest absolute Gasteiger partial charge is 0.263 e. The Hall–Kier alpha value is -2.47. The first kappa shape index (κ1) is 18.9. The molecule has 0 aliphatic carbocycles. The summed E-state index contributed by atoms with van der Waals surface area (Å²) in [6.45, 7) is 5.01. The minimum absolute atomic E-state index is 0.109. The molecule has 3 fully saturated rings. The Morgan fingerprint density at radius 3 is 2.57 bits per heavy atom. The first-order valence-corrected chi connectivity index (χ1v) is 9.87. The first-order valence-electron chi connectivity index (χ1n) is 9.87. The van der Waals surface area contributed by atoms with E-state index in [9.17, 15) is 14.0 Å². The van der Waals surface area contributed by atoms with E-state index in [4.69, 9.17) is 0 Å². The summed E-state index contributed by atoms with van der Waals surface area (Å²) in [5.41, 5.74) is 1.94. The van der Waals surface area contributed by atoms with Gasteiger partial charge in [0.05, 0.1) is 0 Å². The van der Waals surface area contributed by atoms with Gasteiger partial charge in [-0.3, -0.25) is 14.5 Å². The lowest BCUT2D eigenvalue weighted by Crippen LogP contribution is -2.49. The van der Waals surface area contributed by atoms with Crippen LogP contribution in [-0.4, -0.2) is 46.0 Å². The number of benzene rings is 1. The second kappa shape index (κ2) is 7.51. The Morgan fingerprint density at radius 2 is 1.82 bits per heavy atom. The van der Waals surface area contributed by atoms with Crippen LogP contribution in [0.25, 0.3) is 0 Å². The van der Waals surface area contributed by atoms with Crippen molar-refractivity contribution in [1.29, 1.82) is 0 Å². The van der Waals surface area contributed by atoms with Crippen LogP contribution in [0.15, 0.2) is 41.2 Å². The molecule has 0 unspecified atom stereocenters. The number of hydrogen-bond donors (Lipinski definition) is 0. The molecule has 4 heterocycles. The number of carbonyl (C=O) groups excluding carboxylic acids is 1. The highest BCUT2D eigenvalue weighted by atomic mass is 19.1. The molecule has 0 radical (unpaired) electrons. The number of hydrogen-bond acceptors (Lipinski definition) is 3. The molecule has 5 nitrogen and oxygen atoms in total. The number of amides is 1. The quantitative estimate of drug-likeness (QED) is 0.818. The molecule has 28 heavy (non-hydrogen) atoms. The maximum absolute atomic E-state index is 13.2. The van der Waals surface area contributed by atoms with Crippen molar-refractivity contribution in [3.63, 3.8) is 0 Å². The van der Waals surface area contributed by atoms with Gasteiger partial charge in [0.1, 0.15) is 11.4 Å². The zero-order chi connectivity index (χ0) is 19.8. The van der Waals surface area contributed by atoms with E-state index in [1.165, 1.54) is 16.7 Å². The molecule has 1 aromatic heterocycles. The van der Waals surface area contributed by atoms with Crippen molar-refractivity contribution in [1.82, 2.24) is 14.4 Å². The van der Waals surface area contributed by atoms with Gasteiger partial charge in [-0.1, -0.05) is 12.1 Å². The van der Waals surface area contributed by atoms with Crippen LogP contribution in [0.1, 0.15) is 34.5 Å². The normalized spacial score (nSPS) is 22.3. The molecule has 2 atom stereocenters. The van der Waals surface area contributed by atoms with Gasteiger partial charge in [-0.15, -0.1) is 0 Å². The minimum Gasteiger partial charge on any atom is -0.334 e. The number of nitrogens with zero attached hydrogens (tertiary/aromatic N) is 3. The van der Waals surface area contributed by atoms with E-state index in [1.807, 2.05) is 30.0 Å². The third-order valence-electron chi connectivity index (χ3n) is 6.16. The van der Waals surface area contributed by atoms with E-state index in [0.717, 1.165) is 43.7 Å². The van der Waals surface area contributed by atoms with E-state index in [0.29, 0.717) is 12.5 Å². The lowest BCUT2D eigenvalue weighted by atomic mass is 9.94. The molecule has 0 saturated carbocycles. The van der Waals surface area contributed by atoms with Crippen LogP contribution in [0.5, 0.6) is 0 Å². The third kappa shape index (κ3) is 3.61. The van der Waals surface area contributed by atoms with Crippen LogP contribution in [0.4, 0.5) is 4.39 Å². The largest absolute Gasteiger partial charge is 0.334 e. The zero-order valence-electron chi connectivity index (χ0n) is 16.4. The van der Waals surface area contributed by atoms with Gasteiger partial charge < -0.3 is 9.47 Å². The molecule has 2 bridgehead atoms. The van der Waals surface area contributed by atoms with E-state index in [2.05, 4.69) is 4.90 Å². The molecule has 1 aromatic carbocycles. The average molecular weight is 383 g/mol. The second-order valence-corrected chi connectivity index (χ2v) is 8.13. The highest BCUT2D eigenvalue weighted by Crippen LogP contribution is 2.29. The van der Waals surface area contributed by atoms with E-state index < -0.39 is 0 Å². The molecule has 2 aromatic rings. The van der Waals surface area contributed by atoms with Crippen LogP contribution < -0.4 is 5.56 Å². The van der Waals surface area contributed by atoms with Gasteiger partial charge >= 0.3 is 0 Å². The number of aryl methyl sites for hydroxylation is 1. The predicted octanol–water partition coefficient (Wildman–Crippen LogP) is 2.57. The maximum atomic E-state index is 13.2. The Bertz CT molecular complexity index is 938. The van der Waals surface area contributed by atoms with Gasteiger partial charge in [0.2, 0.25) is 0 Å². The molecule has 1 amide bonds. The summed E-state index contributed by atoms with van der Waals surface area (Å²) < 4.78 is 14.7. The molecule has 0 N–H and O–H groups in total. The zero-order valence-corrected chi connectivity index (χ0v) is 16.4. The van der Waals surface area contributed by atoms with Crippen LogP contribution in [0.3, 0.4) is 0 Å². The Labute approximate surface area is 164 Å². The minimum atomic E-state index is -0.228. The first-order chi connectivity index (χ1) is 13.4. The summed E-state index contributed by atoms with van der Waals surface area (Å²) in [7, 11) is 1.70. The lowest BCUT2D eigenvalue weighted by Gasteiger charge is -2.36. The topological polar surface area (TPSA) is 45.6 Å². The summed E-state index contributed by atoms with van der Waals surface area (Å²) in [6, 6.07) is 10.2. The Kier molecular flexibility index (Phi) is 5.06. The van der Waals surface area contributed by atoms with Crippen molar-refractivity contribution >= 4 is 5.91 Å². The molecule has 148 valence electrons. The molecular formula is C22H26FN3O2. The summed E-state index contributed by atoms with van der Waals surface area (Å²) >= 11 is 0. The van der Waals surface area contributed by atoms with Crippen LogP contribution in [0.2, 0.25) is 0 Å². The maximum Gasteiger partial charge on any atom is 0.263 e. The number of fused-ring (bicyclic) bond motifs is 4. The highest BCUT2D eigenvalue weighted by Gasteiger charge is 2.38. The predicted molar refractivity (Wildman–Crippen MR) is 106 cm³/mol. The Morgan fingerprint density at radius 1 is 1.07 bits per heavy atom. The number of aromatic nitrogens is 1. The number of piperidine rings is 1. The summed E-state index contributed by atoms with van der Waals surface area (Å²) in [5, 5.41) is 0. The van der Waals surface area contributed by atoms with E-state index in [1.54, 1.807) is 13.1 Å². The SMILES string of the molecule is Cc1ccc(C(=O)N2C[C@H]3CC[C@@H]2CN(Cc2ccc(F)cc2)C3)c(=O)n1C. The molecule has 6 heteroatoms. The Balaban J connectivity index is 1.53. The van der Waals surface area contributed by atoms with Gasteiger partial charge in [0, 0.05) is 45.0 Å². The highest BCUT2D eigenvalue weighted by molar-refractivity contribution is 5.94. The van der Waals surface area contributed by atoms with Crippen molar-refractivity contribution < 1.29 is 9.18 Å². The fraction of sp³-hybridized carbons (Fsp3) is 0.455. The molecule has 3 aliphatic heterocycles. The third-order valence-corrected chi connectivity index (χ3v) is 6.16. The molecule has 0 spiro atoms. The van der Waals surface area contributed by atoms with E-state index >= 15 is 0 Å². The molecule has 5 rings (SSSR count). The lowest BCUT2D eigenvalue weighted by molar-refractivity contribution is 0.0582. The molecule has 3 aliphatic rings. The van der Waals surface area contributed by atoms with Gasteiger partial charge in [-0.05, 0) is 55.5 Å². The van der Waals surface area contributed by atoms with E-state index in [-0.39, 0.29) is 28.9 Å². The average Bonchev–Trinajstić information content (AvgIpc) is 2.98. The second-order valence-electron chi connectivity index (χ2n) is 8.13. The number of pyridine rings is 1. The number of halogens is 1. The fourth-order valence-corrected chi connectivity index (χ4v) is 4.45. The number of rotatable bonds is 3. The van der Waals surface area contributed by atoms with Crippen LogP contribution >= 0.6 is 0 Å². The van der Waals surface area contributed by atoms with Crippen molar-refractivity contribution in [3.05, 3.63) is 69.4 Å². The van der Waals surface area contributed by atoms with Gasteiger partial charge in [0.15, 0.2) is 0 Å². The van der Waals surface area contributed by atoms with Crippen LogP contribution in [-0.2, 0) is 13.6 Å². The molecular weight excluding hydrogens is 357 g/mol. The van der Waals surface area contributed by atoms with Gasteiger partial charge in [0.25, 0.3) is 11.5 Å². The summed E-state index contributed by atoms with van der Waals surface area (Å²) in [5.74, 6) is 0.0208. The standard InChI is InChI=1S/C22H26FN3O2/c1-15-3-10-20(21(27)24(15)2)22(28)26-13-17-6-9-19(26)14-25(12-17)11-16-4-7-18(23)8-5-16/h3-5,7-8,10,17,19H,6,9,11-14H2,1-2H3/t17-,19+/m0/s1. The monoisotopic (exact) mass is 383 g/mol. The van der Waals surface area contributed by atoms with Gasteiger partial charge in [-0.2, -0.15) is 0 Å². The fourth-order valence-electron chi connectivity index (χ4n) is 4.45. The van der Waals surface area contributed by atoms with Crippen molar-refractivity contribution in [2.24, 2.45) is 13.0 Å². The molecule has 3 saturated heterocycles. The van der Waals surface area contributed by atoms with Crippen LogP contribution in [0, 0.1) is 18.7 Å².